The van der Waals surface area contributed by atoms with Crippen molar-refractivity contribution >= 4 is 12.2 Å². The fraction of sp³-hybridized carbons (Fsp3) is 0.462. The Kier molecular flexibility index (Phi) is 3.92. The molecular formula is C13H16N2O3. The van der Waals surface area contributed by atoms with Crippen LogP contribution in [0.3, 0.4) is 0 Å². The lowest BCUT2D eigenvalue weighted by atomic mass is 10.3. The number of pyridine rings is 1. The van der Waals surface area contributed by atoms with Crippen molar-refractivity contribution in [3.63, 3.8) is 0 Å². The van der Waals surface area contributed by atoms with Crippen molar-refractivity contribution < 1.29 is 14.3 Å². The monoisotopic (exact) mass is 248 g/mol. The minimum Gasteiger partial charge on any atom is -0.481 e. The first kappa shape index (κ1) is 12.5. The zero-order valence-corrected chi connectivity index (χ0v) is 10.4. The summed E-state index contributed by atoms with van der Waals surface area (Å²) in [5.74, 6) is 0.327. The number of rotatable bonds is 4. The van der Waals surface area contributed by atoms with Gasteiger partial charge in [0.25, 0.3) is 5.91 Å². The van der Waals surface area contributed by atoms with Crippen LogP contribution in [0.2, 0.25) is 0 Å². The number of carbonyl (C=O) groups excluding carboxylic acids is 2. The van der Waals surface area contributed by atoms with Gasteiger partial charge in [-0.2, -0.15) is 0 Å². The number of ether oxygens (including phenoxy) is 1. The molecular weight excluding hydrogens is 232 g/mol. The molecule has 18 heavy (non-hydrogen) atoms. The molecule has 0 bridgehead atoms. The first-order chi connectivity index (χ1) is 8.70. The number of nitrogens with zero attached hydrogens (tertiary/aromatic N) is 2. The molecule has 5 nitrogen and oxygen atoms in total. The van der Waals surface area contributed by atoms with Crippen LogP contribution in [-0.2, 0) is 4.79 Å². The summed E-state index contributed by atoms with van der Waals surface area (Å²) >= 11 is 0. The maximum atomic E-state index is 11.8. The molecule has 5 heteroatoms. The van der Waals surface area contributed by atoms with E-state index < -0.39 is 0 Å². The summed E-state index contributed by atoms with van der Waals surface area (Å²) in [6.45, 7) is 3.36. The van der Waals surface area contributed by atoms with Crippen LogP contribution >= 0.6 is 0 Å². The summed E-state index contributed by atoms with van der Waals surface area (Å²) in [7, 11) is 0. The second kappa shape index (κ2) is 5.62. The van der Waals surface area contributed by atoms with E-state index in [1.165, 1.54) is 0 Å². The van der Waals surface area contributed by atoms with E-state index in [1.807, 2.05) is 0 Å². The third-order valence-electron chi connectivity index (χ3n) is 2.95. The number of aromatic nitrogens is 1. The Morgan fingerprint density at radius 2 is 2.17 bits per heavy atom. The molecule has 2 heterocycles. The van der Waals surface area contributed by atoms with Gasteiger partial charge in [0.1, 0.15) is 11.4 Å². The summed E-state index contributed by atoms with van der Waals surface area (Å²) in [6.07, 6.45) is 2.75. The van der Waals surface area contributed by atoms with E-state index in [1.54, 1.807) is 24.0 Å². The van der Waals surface area contributed by atoms with Crippen molar-refractivity contribution in [3.05, 3.63) is 23.5 Å². The molecule has 0 unspecified atom stereocenters. The highest BCUT2D eigenvalue weighted by Crippen LogP contribution is 2.15. The molecule has 0 radical (unpaired) electrons. The second-order valence-corrected chi connectivity index (χ2v) is 4.33. The fourth-order valence-electron chi connectivity index (χ4n) is 1.97. The topological polar surface area (TPSA) is 59.5 Å². The smallest absolute Gasteiger partial charge is 0.260 e. The van der Waals surface area contributed by atoms with Crippen molar-refractivity contribution in [2.45, 2.75) is 19.8 Å². The Balaban J connectivity index is 1.97. The molecule has 1 aromatic rings. The van der Waals surface area contributed by atoms with Gasteiger partial charge in [0, 0.05) is 18.8 Å². The van der Waals surface area contributed by atoms with Crippen LogP contribution in [0.1, 0.15) is 29.0 Å². The van der Waals surface area contributed by atoms with Gasteiger partial charge in [-0.15, -0.1) is 0 Å². The summed E-state index contributed by atoms with van der Waals surface area (Å²) < 4.78 is 5.37. The van der Waals surface area contributed by atoms with E-state index in [2.05, 4.69) is 4.98 Å². The van der Waals surface area contributed by atoms with Crippen LogP contribution < -0.4 is 4.74 Å². The lowest BCUT2D eigenvalue weighted by molar-refractivity contribution is -0.132. The van der Waals surface area contributed by atoms with E-state index in [0.717, 1.165) is 31.6 Å². The first-order valence-corrected chi connectivity index (χ1v) is 6.04. The number of hydrogen-bond donors (Lipinski definition) is 0. The Morgan fingerprint density at radius 3 is 2.83 bits per heavy atom. The first-order valence-electron chi connectivity index (χ1n) is 6.04. The second-order valence-electron chi connectivity index (χ2n) is 4.33. The molecule has 1 aliphatic heterocycles. The summed E-state index contributed by atoms with van der Waals surface area (Å²) in [6, 6.07) is 3.42. The zero-order chi connectivity index (χ0) is 13.0. The van der Waals surface area contributed by atoms with Crippen LogP contribution in [0.15, 0.2) is 12.1 Å². The highest BCUT2D eigenvalue weighted by Gasteiger charge is 2.18. The maximum Gasteiger partial charge on any atom is 0.260 e. The van der Waals surface area contributed by atoms with E-state index in [-0.39, 0.29) is 18.2 Å². The van der Waals surface area contributed by atoms with Gasteiger partial charge in [-0.05, 0) is 31.9 Å². The highest BCUT2D eigenvalue weighted by molar-refractivity contribution is 5.79. The zero-order valence-electron chi connectivity index (χ0n) is 10.4. The molecule has 0 N–H and O–H groups in total. The number of likely N-dealkylation sites (tertiary alicyclic amines) is 1. The molecule has 0 spiro atoms. The number of aryl methyl sites for hydroxylation is 1. The lowest BCUT2D eigenvalue weighted by Gasteiger charge is -2.15. The van der Waals surface area contributed by atoms with Gasteiger partial charge < -0.3 is 9.64 Å². The summed E-state index contributed by atoms with van der Waals surface area (Å²) in [5.41, 5.74) is 0.986. The average Bonchev–Trinajstić information content (AvgIpc) is 2.90. The predicted molar refractivity (Wildman–Crippen MR) is 65.7 cm³/mol. The molecule has 1 amide bonds. The lowest BCUT2D eigenvalue weighted by Crippen LogP contribution is -2.32. The molecule has 0 saturated carbocycles. The van der Waals surface area contributed by atoms with E-state index in [4.69, 9.17) is 4.74 Å². The van der Waals surface area contributed by atoms with Crippen molar-refractivity contribution in [2.24, 2.45) is 0 Å². The number of hydrogen-bond acceptors (Lipinski definition) is 4. The van der Waals surface area contributed by atoms with Gasteiger partial charge in [0.2, 0.25) is 0 Å². The molecule has 1 fully saturated rings. The van der Waals surface area contributed by atoms with E-state index >= 15 is 0 Å². The third-order valence-corrected chi connectivity index (χ3v) is 2.95. The van der Waals surface area contributed by atoms with Crippen LogP contribution in [0.4, 0.5) is 0 Å². The number of amides is 1. The molecule has 1 aliphatic rings. The van der Waals surface area contributed by atoms with Crippen molar-refractivity contribution in [2.75, 3.05) is 19.7 Å². The van der Waals surface area contributed by atoms with Crippen LogP contribution in [0.25, 0.3) is 0 Å². The van der Waals surface area contributed by atoms with Crippen molar-refractivity contribution in [3.8, 4) is 5.75 Å². The Bertz CT molecular complexity index is 454. The molecule has 0 atom stereocenters. The fourth-order valence-corrected chi connectivity index (χ4v) is 1.97. The normalized spacial score (nSPS) is 14.6. The summed E-state index contributed by atoms with van der Waals surface area (Å²) in [4.78, 5) is 28.4. The summed E-state index contributed by atoms with van der Waals surface area (Å²) in [5, 5.41) is 0. The van der Waals surface area contributed by atoms with Crippen molar-refractivity contribution in [1.29, 1.82) is 0 Å². The minimum atomic E-state index is -0.0371. The highest BCUT2D eigenvalue weighted by atomic mass is 16.5. The maximum absolute atomic E-state index is 11.8. The Morgan fingerprint density at radius 1 is 1.44 bits per heavy atom. The van der Waals surface area contributed by atoms with Crippen molar-refractivity contribution in [1.82, 2.24) is 9.88 Å². The Labute approximate surface area is 106 Å². The third kappa shape index (κ3) is 2.85. The molecule has 1 aromatic heterocycles. The van der Waals surface area contributed by atoms with Gasteiger partial charge in [0.05, 0.1) is 0 Å². The molecule has 96 valence electrons. The predicted octanol–water partition coefficient (Wildman–Crippen LogP) is 1.20. The Hall–Kier alpha value is -1.91. The number of aldehydes is 1. The van der Waals surface area contributed by atoms with Gasteiger partial charge >= 0.3 is 0 Å². The molecule has 2 rings (SSSR count). The minimum absolute atomic E-state index is 0.0361. The van der Waals surface area contributed by atoms with Gasteiger partial charge in [-0.1, -0.05) is 0 Å². The SMILES string of the molecule is Cc1ccc(OCC(=O)N2CCCC2)c(C=O)n1. The quantitative estimate of drug-likeness (QED) is 0.751. The van der Waals surface area contributed by atoms with Crippen LogP contribution in [0, 0.1) is 6.92 Å². The molecule has 0 aromatic carbocycles. The van der Waals surface area contributed by atoms with Crippen LogP contribution in [-0.4, -0.2) is 41.8 Å². The number of carbonyl (C=O) groups is 2. The molecule has 1 saturated heterocycles. The molecule has 0 aliphatic carbocycles. The standard InChI is InChI=1S/C13H16N2O3/c1-10-4-5-12(11(8-16)14-10)18-9-13(17)15-6-2-3-7-15/h4-5,8H,2-3,6-7,9H2,1H3. The largest absolute Gasteiger partial charge is 0.481 e. The van der Waals surface area contributed by atoms with Crippen LogP contribution in [0.5, 0.6) is 5.75 Å². The van der Waals surface area contributed by atoms with Gasteiger partial charge in [0.15, 0.2) is 12.9 Å². The van der Waals surface area contributed by atoms with Gasteiger partial charge in [-0.3, -0.25) is 9.59 Å². The average molecular weight is 248 g/mol. The van der Waals surface area contributed by atoms with E-state index in [9.17, 15) is 9.59 Å². The van der Waals surface area contributed by atoms with Gasteiger partial charge in [-0.25, -0.2) is 4.98 Å². The van der Waals surface area contributed by atoms with E-state index in [0.29, 0.717) is 12.0 Å².